The summed E-state index contributed by atoms with van der Waals surface area (Å²) >= 11 is 0. The van der Waals surface area contributed by atoms with E-state index in [1.54, 1.807) is 12.1 Å². The predicted octanol–water partition coefficient (Wildman–Crippen LogP) is 2.79. The van der Waals surface area contributed by atoms with Crippen LogP contribution in [0.1, 0.15) is 24.2 Å². The normalized spacial score (nSPS) is 9.08. The zero-order chi connectivity index (χ0) is 10.1. The standard InChI is InChI=1S/C7H6O2.C4H8/c8-5-6-2-1-3-7(9)4-6;1-3-4-2/h1-5,9H;3-4H,1-2H3/b;4-3-. The number of carbonyl (C=O) groups excluding carboxylic acids is 1. The fourth-order valence-electron chi connectivity index (χ4n) is 0.598. The predicted molar refractivity (Wildman–Crippen MR) is 54.0 cm³/mol. The van der Waals surface area contributed by atoms with Crippen LogP contribution in [-0.2, 0) is 0 Å². The first-order valence-electron chi connectivity index (χ1n) is 4.06. The summed E-state index contributed by atoms with van der Waals surface area (Å²) in [6.45, 7) is 4.00. The van der Waals surface area contributed by atoms with Crippen molar-refractivity contribution in [2.75, 3.05) is 0 Å². The minimum atomic E-state index is 0.125. The molecule has 70 valence electrons. The topological polar surface area (TPSA) is 37.3 Å². The van der Waals surface area contributed by atoms with Crippen LogP contribution in [0.4, 0.5) is 0 Å². The van der Waals surface area contributed by atoms with Crippen LogP contribution in [0, 0.1) is 0 Å². The Morgan fingerprint density at radius 1 is 1.23 bits per heavy atom. The van der Waals surface area contributed by atoms with Crippen LogP contribution in [0.5, 0.6) is 5.75 Å². The van der Waals surface area contributed by atoms with Crippen LogP contribution in [0.15, 0.2) is 36.4 Å². The van der Waals surface area contributed by atoms with Crippen LogP contribution in [0.25, 0.3) is 0 Å². The summed E-state index contributed by atoms with van der Waals surface area (Å²) in [6.07, 6.45) is 4.69. The van der Waals surface area contributed by atoms with Gasteiger partial charge in [0.1, 0.15) is 12.0 Å². The summed E-state index contributed by atoms with van der Waals surface area (Å²) in [5.74, 6) is 0.125. The number of phenols is 1. The zero-order valence-electron chi connectivity index (χ0n) is 7.90. The first kappa shape index (κ1) is 11.4. The van der Waals surface area contributed by atoms with Crippen LogP contribution >= 0.6 is 0 Å². The number of allylic oxidation sites excluding steroid dienone is 2. The third-order valence-corrected chi connectivity index (χ3v) is 1.34. The minimum Gasteiger partial charge on any atom is -0.508 e. The number of rotatable bonds is 1. The van der Waals surface area contributed by atoms with Gasteiger partial charge in [0.2, 0.25) is 0 Å². The molecular weight excluding hydrogens is 164 g/mol. The lowest BCUT2D eigenvalue weighted by molar-refractivity contribution is 0.112. The molecule has 0 atom stereocenters. The molecule has 0 spiro atoms. The first-order chi connectivity index (χ1) is 6.24. The molecule has 0 saturated heterocycles. The first-order valence-corrected chi connectivity index (χ1v) is 4.06. The third kappa shape index (κ3) is 5.67. The van der Waals surface area contributed by atoms with E-state index in [0.717, 1.165) is 0 Å². The van der Waals surface area contributed by atoms with Gasteiger partial charge in [-0.05, 0) is 26.0 Å². The Morgan fingerprint density at radius 3 is 2.15 bits per heavy atom. The van der Waals surface area contributed by atoms with E-state index in [1.807, 2.05) is 26.0 Å². The zero-order valence-corrected chi connectivity index (χ0v) is 7.90. The van der Waals surface area contributed by atoms with Crippen molar-refractivity contribution in [1.29, 1.82) is 0 Å². The molecule has 0 saturated carbocycles. The van der Waals surface area contributed by atoms with Crippen LogP contribution < -0.4 is 0 Å². The van der Waals surface area contributed by atoms with Gasteiger partial charge in [0.15, 0.2) is 0 Å². The molecule has 0 aliphatic carbocycles. The highest BCUT2D eigenvalue weighted by molar-refractivity contribution is 5.75. The van der Waals surface area contributed by atoms with Gasteiger partial charge in [0.25, 0.3) is 0 Å². The molecule has 0 bridgehead atoms. The Morgan fingerprint density at radius 2 is 1.85 bits per heavy atom. The number of aldehydes is 1. The fraction of sp³-hybridized carbons (Fsp3) is 0.182. The number of benzene rings is 1. The Hall–Kier alpha value is -1.57. The molecule has 13 heavy (non-hydrogen) atoms. The highest BCUT2D eigenvalue weighted by Crippen LogP contribution is 2.07. The maximum absolute atomic E-state index is 10.0. The van der Waals surface area contributed by atoms with Crippen LogP contribution in [0.2, 0.25) is 0 Å². The van der Waals surface area contributed by atoms with Gasteiger partial charge in [0.05, 0.1) is 0 Å². The molecule has 0 radical (unpaired) electrons. The van der Waals surface area contributed by atoms with E-state index in [2.05, 4.69) is 0 Å². The van der Waals surface area contributed by atoms with E-state index in [1.165, 1.54) is 12.1 Å². The molecule has 1 rings (SSSR count). The van der Waals surface area contributed by atoms with Crippen molar-refractivity contribution < 1.29 is 9.90 Å². The van der Waals surface area contributed by atoms with Crippen molar-refractivity contribution in [1.82, 2.24) is 0 Å². The fourth-order valence-corrected chi connectivity index (χ4v) is 0.598. The lowest BCUT2D eigenvalue weighted by Crippen LogP contribution is -1.75. The van der Waals surface area contributed by atoms with Crippen molar-refractivity contribution in [3.8, 4) is 5.75 Å². The molecule has 0 heterocycles. The number of phenolic OH excluding ortho intramolecular Hbond substituents is 1. The summed E-state index contributed by atoms with van der Waals surface area (Å²) in [5, 5.41) is 8.79. The summed E-state index contributed by atoms with van der Waals surface area (Å²) in [7, 11) is 0. The van der Waals surface area contributed by atoms with Crippen molar-refractivity contribution in [3.63, 3.8) is 0 Å². The monoisotopic (exact) mass is 178 g/mol. The Labute approximate surface area is 78.5 Å². The maximum atomic E-state index is 10.0. The van der Waals surface area contributed by atoms with Gasteiger partial charge in [-0.15, -0.1) is 0 Å². The van der Waals surface area contributed by atoms with Crippen molar-refractivity contribution in [2.45, 2.75) is 13.8 Å². The van der Waals surface area contributed by atoms with E-state index in [4.69, 9.17) is 5.11 Å². The van der Waals surface area contributed by atoms with Gasteiger partial charge in [-0.25, -0.2) is 0 Å². The minimum absolute atomic E-state index is 0.125. The number of hydrogen-bond acceptors (Lipinski definition) is 2. The molecule has 0 fully saturated rings. The molecule has 1 aromatic rings. The SMILES string of the molecule is C/C=C\C.O=Cc1cccc(O)c1. The molecule has 0 aliphatic heterocycles. The molecule has 1 N–H and O–H groups in total. The van der Waals surface area contributed by atoms with E-state index in [0.29, 0.717) is 11.8 Å². The molecule has 0 aromatic heterocycles. The summed E-state index contributed by atoms with van der Waals surface area (Å²) in [6, 6.07) is 6.19. The van der Waals surface area contributed by atoms with Crippen molar-refractivity contribution in [3.05, 3.63) is 42.0 Å². The molecule has 0 aliphatic rings. The Balaban J connectivity index is 0.000000310. The lowest BCUT2D eigenvalue weighted by Gasteiger charge is -1.89. The molecular formula is C11H14O2. The summed E-state index contributed by atoms with van der Waals surface area (Å²) < 4.78 is 0. The average Bonchev–Trinajstić information content (AvgIpc) is 2.18. The van der Waals surface area contributed by atoms with E-state index in [-0.39, 0.29) is 5.75 Å². The largest absolute Gasteiger partial charge is 0.508 e. The van der Waals surface area contributed by atoms with Gasteiger partial charge in [-0.2, -0.15) is 0 Å². The van der Waals surface area contributed by atoms with E-state index < -0.39 is 0 Å². The maximum Gasteiger partial charge on any atom is 0.150 e. The molecule has 0 unspecified atom stereocenters. The summed E-state index contributed by atoms with van der Waals surface area (Å²) in [5.41, 5.74) is 0.495. The lowest BCUT2D eigenvalue weighted by atomic mass is 10.2. The second-order valence-corrected chi connectivity index (χ2v) is 2.38. The second kappa shape index (κ2) is 7.10. The molecule has 0 amide bonds. The van der Waals surface area contributed by atoms with Gasteiger partial charge in [-0.1, -0.05) is 24.3 Å². The smallest absolute Gasteiger partial charge is 0.150 e. The highest BCUT2D eigenvalue weighted by atomic mass is 16.3. The molecule has 2 heteroatoms. The quantitative estimate of drug-likeness (QED) is 0.530. The average molecular weight is 178 g/mol. The molecule has 2 nitrogen and oxygen atoms in total. The van der Waals surface area contributed by atoms with Gasteiger partial charge in [-0.3, -0.25) is 4.79 Å². The number of hydrogen-bond donors (Lipinski definition) is 1. The second-order valence-electron chi connectivity index (χ2n) is 2.38. The van der Waals surface area contributed by atoms with Gasteiger partial charge >= 0.3 is 0 Å². The summed E-state index contributed by atoms with van der Waals surface area (Å²) in [4.78, 5) is 10.0. The Bertz CT molecular complexity index is 273. The van der Waals surface area contributed by atoms with Crippen molar-refractivity contribution >= 4 is 6.29 Å². The number of carbonyl (C=O) groups is 1. The van der Waals surface area contributed by atoms with E-state index >= 15 is 0 Å². The van der Waals surface area contributed by atoms with Gasteiger partial charge in [0, 0.05) is 5.56 Å². The Kier molecular flexibility index (Phi) is 6.24. The third-order valence-electron chi connectivity index (χ3n) is 1.34. The van der Waals surface area contributed by atoms with E-state index in [9.17, 15) is 4.79 Å². The number of aromatic hydroxyl groups is 1. The van der Waals surface area contributed by atoms with Crippen LogP contribution in [-0.4, -0.2) is 11.4 Å². The molecule has 1 aromatic carbocycles. The highest BCUT2D eigenvalue weighted by Gasteiger charge is 1.88. The van der Waals surface area contributed by atoms with Gasteiger partial charge < -0.3 is 5.11 Å². The van der Waals surface area contributed by atoms with Crippen molar-refractivity contribution in [2.24, 2.45) is 0 Å². The van der Waals surface area contributed by atoms with Crippen LogP contribution in [0.3, 0.4) is 0 Å².